The van der Waals surface area contributed by atoms with Crippen molar-refractivity contribution in [1.29, 1.82) is 0 Å². The van der Waals surface area contributed by atoms with E-state index >= 15 is 0 Å². The van der Waals surface area contributed by atoms with Gasteiger partial charge in [0.05, 0.1) is 16.6 Å². The van der Waals surface area contributed by atoms with Gasteiger partial charge in [-0.2, -0.15) is 11.8 Å². The van der Waals surface area contributed by atoms with E-state index in [1.807, 2.05) is 6.07 Å². The van der Waals surface area contributed by atoms with E-state index in [-0.39, 0.29) is 0 Å². The topological polar surface area (TPSA) is 55.1 Å². The van der Waals surface area contributed by atoms with Crippen molar-refractivity contribution < 1.29 is 9.90 Å². The number of imidazole rings is 1. The van der Waals surface area contributed by atoms with E-state index in [2.05, 4.69) is 15.8 Å². The number of rotatable bonds is 5. The van der Waals surface area contributed by atoms with Gasteiger partial charge < -0.3 is 9.67 Å². The van der Waals surface area contributed by atoms with Crippen LogP contribution in [0.4, 0.5) is 0 Å². The van der Waals surface area contributed by atoms with Crippen LogP contribution in [0.3, 0.4) is 0 Å². The van der Waals surface area contributed by atoms with Gasteiger partial charge in [0.25, 0.3) is 0 Å². The smallest absolute Gasteiger partial charge is 0.335 e. The largest absolute Gasteiger partial charge is 0.478 e. The van der Waals surface area contributed by atoms with Gasteiger partial charge in [-0.1, -0.05) is 0 Å². The van der Waals surface area contributed by atoms with Crippen molar-refractivity contribution in [3.8, 4) is 0 Å². The lowest BCUT2D eigenvalue weighted by atomic mass is 10.2. The molecule has 1 aliphatic rings. The highest BCUT2D eigenvalue weighted by Crippen LogP contribution is 2.40. The predicted molar refractivity (Wildman–Crippen MR) is 77.0 cm³/mol. The number of carbonyl (C=O) groups is 1. The lowest BCUT2D eigenvalue weighted by Crippen LogP contribution is -2.05. The summed E-state index contributed by atoms with van der Waals surface area (Å²) in [5.74, 6) is 1.84. The molecule has 1 saturated carbocycles. The van der Waals surface area contributed by atoms with Crippen LogP contribution in [-0.4, -0.2) is 32.6 Å². The molecule has 1 aromatic heterocycles. The third kappa shape index (κ3) is 2.34. The molecule has 1 aliphatic carbocycles. The Bertz CT molecular complexity index is 632. The summed E-state index contributed by atoms with van der Waals surface area (Å²) in [6.07, 6.45) is 4.49. The molecule has 1 heterocycles. The summed E-state index contributed by atoms with van der Waals surface area (Å²) in [6, 6.07) is 5.20. The van der Waals surface area contributed by atoms with Crippen molar-refractivity contribution >= 4 is 28.8 Å². The van der Waals surface area contributed by atoms with Gasteiger partial charge in [-0.3, -0.25) is 0 Å². The number of aryl methyl sites for hydroxylation is 1. The van der Waals surface area contributed by atoms with E-state index in [0.717, 1.165) is 29.2 Å². The Hall–Kier alpha value is -1.49. The Balaban J connectivity index is 2.11. The lowest BCUT2D eigenvalue weighted by molar-refractivity contribution is 0.0697. The zero-order valence-electron chi connectivity index (χ0n) is 10.8. The van der Waals surface area contributed by atoms with Crippen LogP contribution in [0.1, 0.15) is 34.9 Å². The first kappa shape index (κ1) is 12.5. The Labute approximate surface area is 115 Å². The van der Waals surface area contributed by atoms with Gasteiger partial charge in [-0.05, 0) is 37.3 Å². The van der Waals surface area contributed by atoms with Crippen LogP contribution in [0.15, 0.2) is 18.2 Å². The van der Waals surface area contributed by atoms with Crippen LogP contribution < -0.4 is 0 Å². The molecule has 4 nitrogen and oxygen atoms in total. The molecule has 1 N–H and O–H groups in total. The number of fused-ring (bicyclic) bond motifs is 1. The molecular weight excluding hydrogens is 260 g/mol. The maximum absolute atomic E-state index is 11.1. The summed E-state index contributed by atoms with van der Waals surface area (Å²) in [5.41, 5.74) is 2.20. The minimum absolute atomic E-state index is 0.333. The molecule has 0 aliphatic heterocycles. The van der Waals surface area contributed by atoms with Crippen molar-refractivity contribution in [3.05, 3.63) is 29.6 Å². The average Bonchev–Trinajstić information content (AvgIpc) is 3.18. The normalized spacial score (nSPS) is 15.0. The Kier molecular flexibility index (Phi) is 3.22. The molecule has 5 heteroatoms. The van der Waals surface area contributed by atoms with Gasteiger partial charge in [0, 0.05) is 18.2 Å². The molecule has 0 spiro atoms. The van der Waals surface area contributed by atoms with Gasteiger partial charge in [0.1, 0.15) is 5.82 Å². The first-order chi connectivity index (χ1) is 9.20. The van der Waals surface area contributed by atoms with Gasteiger partial charge in [-0.25, -0.2) is 9.78 Å². The van der Waals surface area contributed by atoms with Crippen molar-refractivity contribution in [3.63, 3.8) is 0 Å². The minimum Gasteiger partial charge on any atom is -0.478 e. The molecule has 3 rings (SSSR count). The second-order valence-corrected chi connectivity index (χ2v) is 5.88. The Morgan fingerprint density at radius 3 is 2.95 bits per heavy atom. The molecule has 0 bridgehead atoms. The van der Waals surface area contributed by atoms with Crippen LogP contribution in [0, 0.1) is 0 Å². The van der Waals surface area contributed by atoms with E-state index in [1.165, 1.54) is 12.8 Å². The fraction of sp³-hybridized carbons (Fsp3) is 0.429. The third-order valence-electron chi connectivity index (χ3n) is 3.49. The maximum Gasteiger partial charge on any atom is 0.335 e. The molecule has 19 heavy (non-hydrogen) atoms. The summed E-state index contributed by atoms with van der Waals surface area (Å²) in [6.45, 7) is 0.895. The first-order valence-corrected chi connectivity index (χ1v) is 7.82. The predicted octanol–water partition coefficient (Wildman–Crippen LogP) is 2.97. The van der Waals surface area contributed by atoms with Crippen molar-refractivity contribution in [2.75, 3.05) is 12.0 Å². The summed E-state index contributed by atoms with van der Waals surface area (Å²) in [7, 11) is 0. The van der Waals surface area contributed by atoms with E-state index in [4.69, 9.17) is 5.11 Å². The van der Waals surface area contributed by atoms with Gasteiger partial charge >= 0.3 is 5.97 Å². The number of hydrogen-bond acceptors (Lipinski definition) is 3. The zero-order valence-corrected chi connectivity index (χ0v) is 11.6. The highest BCUT2D eigenvalue weighted by atomic mass is 32.2. The summed E-state index contributed by atoms with van der Waals surface area (Å²) in [4.78, 5) is 15.8. The number of carboxylic acid groups (broad SMARTS) is 1. The number of nitrogens with zero attached hydrogens (tertiary/aromatic N) is 2. The molecule has 0 atom stereocenters. The minimum atomic E-state index is -0.882. The standard InChI is InChI=1S/C14H16N2O2S/c1-19-7-6-16-12-8-10(14(17)18)4-5-11(12)15-13(16)9-2-3-9/h4-5,8-9H,2-3,6-7H2,1H3,(H,17,18). The van der Waals surface area contributed by atoms with Gasteiger partial charge in [-0.15, -0.1) is 0 Å². The van der Waals surface area contributed by atoms with Crippen molar-refractivity contribution in [1.82, 2.24) is 9.55 Å². The van der Waals surface area contributed by atoms with Gasteiger partial charge in [0.15, 0.2) is 0 Å². The molecule has 0 unspecified atom stereocenters. The summed E-state index contributed by atoms with van der Waals surface area (Å²) >= 11 is 1.79. The SMILES string of the molecule is CSCCn1c(C2CC2)nc2ccc(C(=O)O)cc21. The van der Waals surface area contributed by atoms with Crippen LogP contribution in [0.5, 0.6) is 0 Å². The fourth-order valence-corrected chi connectivity index (χ4v) is 2.71. The van der Waals surface area contributed by atoms with Gasteiger partial charge in [0.2, 0.25) is 0 Å². The maximum atomic E-state index is 11.1. The molecule has 0 radical (unpaired) electrons. The Morgan fingerprint density at radius 1 is 1.53 bits per heavy atom. The number of thioether (sulfide) groups is 1. The highest BCUT2D eigenvalue weighted by molar-refractivity contribution is 7.98. The second-order valence-electron chi connectivity index (χ2n) is 4.90. The summed E-state index contributed by atoms with van der Waals surface area (Å²) in [5, 5.41) is 9.11. The molecule has 2 aromatic rings. The quantitative estimate of drug-likeness (QED) is 0.912. The highest BCUT2D eigenvalue weighted by Gasteiger charge is 2.29. The van der Waals surface area contributed by atoms with E-state index in [9.17, 15) is 4.79 Å². The second kappa shape index (κ2) is 4.89. The van der Waals surface area contributed by atoms with E-state index < -0.39 is 5.97 Å². The first-order valence-electron chi connectivity index (χ1n) is 6.43. The van der Waals surface area contributed by atoms with E-state index in [0.29, 0.717) is 11.5 Å². The third-order valence-corrected chi connectivity index (χ3v) is 4.08. The number of benzene rings is 1. The van der Waals surface area contributed by atoms with Crippen LogP contribution in [0.2, 0.25) is 0 Å². The number of aromatic nitrogens is 2. The number of aromatic carboxylic acids is 1. The monoisotopic (exact) mass is 276 g/mol. The molecule has 1 aromatic carbocycles. The molecule has 0 saturated heterocycles. The Morgan fingerprint density at radius 2 is 2.32 bits per heavy atom. The van der Waals surface area contributed by atoms with Crippen molar-refractivity contribution in [2.24, 2.45) is 0 Å². The lowest BCUT2D eigenvalue weighted by Gasteiger charge is -2.07. The molecule has 0 amide bonds. The van der Waals surface area contributed by atoms with E-state index in [1.54, 1.807) is 23.9 Å². The number of hydrogen-bond donors (Lipinski definition) is 1. The number of carboxylic acids is 1. The fourth-order valence-electron chi connectivity index (χ4n) is 2.35. The van der Waals surface area contributed by atoms with Crippen LogP contribution in [0.25, 0.3) is 11.0 Å². The zero-order chi connectivity index (χ0) is 13.4. The van der Waals surface area contributed by atoms with Crippen molar-refractivity contribution in [2.45, 2.75) is 25.3 Å². The molecular formula is C14H16N2O2S. The van der Waals surface area contributed by atoms with Crippen LogP contribution >= 0.6 is 11.8 Å². The van der Waals surface area contributed by atoms with Crippen LogP contribution in [-0.2, 0) is 6.54 Å². The average molecular weight is 276 g/mol. The summed E-state index contributed by atoms with van der Waals surface area (Å²) < 4.78 is 2.20. The molecule has 100 valence electrons. The molecule has 1 fully saturated rings.